The second-order valence-corrected chi connectivity index (χ2v) is 10.9. The molecule has 6 heterocycles. The lowest BCUT2D eigenvalue weighted by molar-refractivity contribution is -0.143. The van der Waals surface area contributed by atoms with E-state index in [1.54, 1.807) is 12.3 Å². The van der Waals surface area contributed by atoms with E-state index in [9.17, 15) is 13.2 Å². The van der Waals surface area contributed by atoms with E-state index in [0.717, 1.165) is 72.9 Å². The fourth-order valence-corrected chi connectivity index (χ4v) is 6.95. The first-order valence-electron chi connectivity index (χ1n) is 12.1. The molecular weight excluding hydrogens is 499 g/mol. The monoisotopic (exact) mass is 521 g/mol. The second-order valence-electron chi connectivity index (χ2n) is 9.82. The Balaban J connectivity index is 1.18. The number of halogens is 3. The van der Waals surface area contributed by atoms with Gasteiger partial charge in [-0.15, -0.1) is 0 Å². The summed E-state index contributed by atoms with van der Waals surface area (Å²) in [5.74, 6) is 0.850. The van der Waals surface area contributed by atoms with E-state index in [2.05, 4.69) is 25.9 Å². The van der Waals surface area contributed by atoms with Gasteiger partial charge in [-0.05, 0) is 66.1 Å². The van der Waals surface area contributed by atoms with Gasteiger partial charge in [0.1, 0.15) is 11.2 Å². The summed E-state index contributed by atoms with van der Waals surface area (Å²) in [4.78, 5) is 20.2. The van der Waals surface area contributed by atoms with Crippen LogP contribution in [0.3, 0.4) is 0 Å². The van der Waals surface area contributed by atoms with Crippen LogP contribution in [0, 0.1) is 5.41 Å². The first-order chi connectivity index (χ1) is 17.8. The summed E-state index contributed by atoms with van der Waals surface area (Å²) in [5, 5.41) is 0. The van der Waals surface area contributed by atoms with Gasteiger partial charge in [-0.1, -0.05) is 11.8 Å². The number of alkyl halides is 3. The molecule has 5 aromatic heterocycles. The first-order valence-corrected chi connectivity index (χ1v) is 12.9. The Hall–Kier alpha value is -3.44. The van der Waals surface area contributed by atoms with Crippen molar-refractivity contribution in [2.45, 2.75) is 41.3 Å². The van der Waals surface area contributed by atoms with Crippen molar-refractivity contribution in [2.24, 2.45) is 11.1 Å². The third-order valence-corrected chi connectivity index (χ3v) is 8.93. The van der Waals surface area contributed by atoms with E-state index in [1.165, 1.54) is 17.7 Å². The number of anilines is 1. The molecule has 2 N–H and O–H groups in total. The standard InChI is InChI=1S/C26H22F3N7S/c27-26(28,29)22-18(2-1-8-32-22)37-19-3-4-20-34-23(17-14-33-24(19)36(17)20)35-10-6-25(7-11-35)12-15-5-9-31-13-16(15)21(25)30/h1-5,8-9,13-14,21H,6-7,10-12,30H2. The molecule has 0 saturated carbocycles. The van der Waals surface area contributed by atoms with Gasteiger partial charge in [-0.2, -0.15) is 13.2 Å². The molecule has 37 heavy (non-hydrogen) atoms. The number of rotatable bonds is 3. The number of piperidine rings is 1. The van der Waals surface area contributed by atoms with Crippen LogP contribution in [0.25, 0.3) is 16.8 Å². The van der Waals surface area contributed by atoms with E-state index in [4.69, 9.17) is 10.7 Å². The second kappa shape index (κ2) is 8.03. The summed E-state index contributed by atoms with van der Waals surface area (Å²) in [6.45, 7) is 1.64. The minimum absolute atomic E-state index is 0.0172. The van der Waals surface area contributed by atoms with E-state index in [0.29, 0.717) is 10.5 Å². The molecule has 188 valence electrons. The molecule has 11 heteroatoms. The fourth-order valence-electron chi connectivity index (χ4n) is 5.93. The smallest absolute Gasteiger partial charge is 0.355 e. The lowest BCUT2D eigenvalue weighted by atomic mass is 9.73. The van der Waals surface area contributed by atoms with Crippen LogP contribution in [0.4, 0.5) is 19.0 Å². The van der Waals surface area contributed by atoms with E-state index in [1.807, 2.05) is 22.9 Å². The molecule has 1 atom stereocenters. The summed E-state index contributed by atoms with van der Waals surface area (Å²) >= 11 is 1.01. The van der Waals surface area contributed by atoms with E-state index >= 15 is 0 Å². The summed E-state index contributed by atoms with van der Waals surface area (Å²) in [5.41, 5.74) is 10.5. The van der Waals surface area contributed by atoms with Crippen LogP contribution in [0.5, 0.6) is 0 Å². The van der Waals surface area contributed by atoms with Crippen LogP contribution in [0.15, 0.2) is 64.9 Å². The molecule has 1 spiro atoms. The lowest BCUT2D eigenvalue weighted by Crippen LogP contribution is -2.44. The van der Waals surface area contributed by atoms with Crippen LogP contribution in [-0.4, -0.2) is 37.4 Å². The summed E-state index contributed by atoms with van der Waals surface area (Å²) in [6.07, 6.45) is 4.99. The van der Waals surface area contributed by atoms with Gasteiger partial charge in [0.25, 0.3) is 0 Å². The molecule has 1 unspecified atom stereocenters. The topological polar surface area (TPSA) is 85.2 Å². The molecule has 0 aromatic carbocycles. The van der Waals surface area contributed by atoms with Crippen molar-refractivity contribution < 1.29 is 13.2 Å². The number of hydrogen-bond acceptors (Lipinski definition) is 7. The van der Waals surface area contributed by atoms with Crippen molar-refractivity contribution in [1.29, 1.82) is 0 Å². The molecule has 2 aliphatic rings. The highest BCUT2D eigenvalue weighted by atomic mass is 32.2. The van der Waals surface area contributed by atoms with Crippen molar-refractivity contribution in [3.05, 3.63) is 71.9 Å². The van der Waals surface area contributed by atoms with Crippen LogP contribution in [0.1, 0.15) is 35.7 Å². The average Bonchev–Trinajstić information content (AvgIpc) is 3.56. The average molecular weight is 522 g/mol. The summed E-state index contributed by atoms with van der Waals surface area (Å²) in [6, 6.07) is 8.61. The molecule has 1 fully saturated rings. The highest BCUT2D eigenvalue weighted by molar-refractivity contribution is 7.99. The number of imidazole rings is 2. The van der Waals surface area contributed by atoms with Crippen molar-refractivity contribution in [1.82, 2.24) is 24.3 Å². The van der Waals surface area contributed by atoms with Crippen LogP contribution in [-0.2, 0) is 12.6 Å². The highest BCUT2D eigenvalue weighted by Crippen LogP contribution is 2.51. The van der Waals surface area contributed by atoms with Crippen LogP contribution < -0.4 is 10.6 Å². The Morgan fingerprint density at radius 1 is 1.00 bits per heavy atom. The fraction of sp³-hybridized carbons (Fsp3) is 0.308. The summed E-state index contributed by atoms with van der Waals surface area (Å²) < 4.78 is 42.4. The van der Waals surface area contributed by atoms with Crippen LogP contribution >= 0.6 is 11.8 Å². The Kier molecular flexibility index (Phi) is 4.93. The zero-order valence-electron chi connectivity index (χ0n) is 19.6. The first kappa shape index (κ1) is 22.7. The maximum Gasteiger partial charge on any atom is 0.434 e. The van der Waals surface area contributed by atoms with Crippen molar-refractivity contribution >= 4 is 34.4 Å². The Labute approximate surface area is 214 Å². The Morgan fingerprint density at radius 3 is 2.62 bits per heavy atom. The zero-order valence-corrected chi connectivity index (χ0v) is 20.4. The molecule has 0 bridgehead atoms. The van der Waals surface area contributed by atoms with Gasteiger partial charge < -0.3 is 10.6 Å². The number of nitrogens with zero attached hydrogens (tertiary/aromatic N) is 6. The number of aromatic nitrogens is 5. The molecule has 7 rings (SSSR count). The Bertz CT molecular complexity index is 1620. The van der Waals surface area contributed by atoms with E-state index in [-0.39, 0.29) is 16.4 Å². The van der Waals surface area contributed by atoms with Crippen molar-refractivity contribution in [3.63, 3.8) is 0 Å². The summed E-state index contributed by atoms with van der Waals surface area (Å²) in [7, 11) is 0. The van der Waals surface area contributed by atoms with Gasteiger partial charge in [0.2, 0.25) is 0 Å². The molecule has 0 amide bonds. The SMILES string of the molecule is NC1c2cnccc2CC12CCN(c1nc3ccc(Sc4cccnc4C(F)(F)F)c4ncc1n34)CC2. The third kappa shape index (κ3) is 3.47. The molecule has 1 aliphatic carbocycles. The van der Waals surface area contributed by atoms with Crippen molar-refractivity contribution in [3.8, 4) is 0 Å². The quantitative estimate of drug-likeness (QED) is 0.353. The van der Waals surface area contributed by atoms with Gasteiger partial charge >= 0.3 is 6.18 Å². The van der Waals surface area contributed by atoms with Gasteiger partial charge in [-0.3, -0.25) is 14.4 Å². The van der Waals surface area contributed by atoms with Gasteiger partial charge in [0, 0.05) is 42.6 Å². The highest BCUT2D eigenvalue weighted by Gasteiger charge is 2.46. The van der Waals surface area contributed by atoms with Crippen LogP contribution in [0.2, 0.25) is 0 Å². The predicted octanol–water partition coefficient (Wildman–Crippen LogP) is 5.12. The zero-order chi connectivity index (χ0) is 25.4. The predicted molar refractivity (Wildman–Crippen MR) is 134 cm³/mol. The minimum Gasteiger partial charge on any atom is -0.355 e. The number of nitrogens with two attached hydrogens (primary N) is 1. The third-order valence-electron chi connectivity index (χ3n) is 7.85. The lowest BCUT2D eigenvalue weighted by Gasteiger charge is -2.42. The molecule has 1 aliphatic heterocycles. The van der Waals surface area contributed by atoms with Gasteiger partial charge in [0.15, 0.2) is 17.2 Å². The van der Waals surface area contributed by atoms with Gasteiger partial charge in [-0.25, -0.2) is 9.97 Å². The largest absolute Gasteiger partial charge is 0.434 e. The normalized spacial score (nSPS) is 19.4. The Morgan fingerprint density at radius 2 is 1.84 bits per heavy atom. The maximum absolute atomic E-state index is 13.5. The number of fused-ring (bicyclic) bond motifs is 1. The number of hydrogen-bond donors (Lipinski definition) is 1. The van der Waals surface area contributed by atoms with E-state index < -0.39 is 11.9 Å². The molecule has 7 nitrogen and oxygen atoms in total. The molecule has 0 radical (unpaired) electrons. The molecule has 1 saturated heterocycles. The number of pyridine rings is 3. The molecule has 5 aromatic rings. The van der Waals surface area contributed by atoms with Crippen molar-refractivity contribution in [2.75, 3.05) is 18.0 Å². The molecular formula is C26H22F3N7S. The van der Waals surface area contributed by atoms with Gasteiger partial charge in [0.05, 0.1) is 11.1 Å². The minimum atomic E-state index is -4.53. The maximum atomic E-state index is 13.5.